The van der Waals surface area contributed by atoms with Gasteiger partial charge in [-0.25, -0.2) is 0 Å². The lowest BCUT2D eigenvalue weighted by molar-refractivity contribution is 0.435. The number of ether oxygens (including phenoxy) is 1. The van der Waals surface area contributed by atoms with Crippen molar-refractivity contribution < 1.29 is 4.74 Å². The van der Waals surface area contributed by atoms with Crippen molar-refractivity contribution >= 4 is 27.4 Å². The van der Waals surface area contributed by atoms with Gasteiger partial charge in [0.05, 0.1) is 22.7 Å². The number of hydrogen-bond donors (Lipinski definition) is 4. The van der Waals surface area contributed by atoms with E-state index in [2.05, 4.69) is 31.1 Å². The Bertz CT molecular complexity index is 1160. The molecule has 3 aromatic rings. The molecule has 0 radical (unpaired) electrons. The number of pyridine rings is 1. The number of nitrogens with one attached hydrogen (secondary N) is 2. The zero-order chi connectivity index (χ0) is 18.6. The molecule has 130 valence electrons. The Morgan fingerprint density at radius 1 is 1.31 bits per heavy atom. The Morgan fingerprint density at radius 3 is 2.73 bits per heavy atom. The van der Waals surface area contributed by atoms with Crippen LogP contribution >= 0.6 is 15.9 Å². The minimum atomic E-state index is -0.554. The van der Waals surface area contributed by atoms with E-state index >= 15 is 0 Å². The van der Waals surface area contributed by atoms with Gasteiger partial charge in [0.25, 0.3) is 5.56 Å². The van der Waals surface area contributed by atoms with Crippen LogP contribution in [0.15, 0.2) is 27.5 Å². The highest BCUT2D eigenvalue weighted by molar-refractivity contribution is 9.10. The van der Waals surface area contributed by atoms with Crippen molar-refractivity contribution in [1.29, 1.82) is 5.26 Å². The second-order valence-electron chi connectivity index (χ2n) is 5.95. The fourth-order valence-electron chi connectivity index (χ4n) is 3.29. The first-order valence-corrected chi connectivity index (χ1v) is 8.45. The first kappa shape index (κ1) is 16.2. The van der Waals surface area contributed by atoms with Crippen molar-refractivity contribution in [3.05, 3.63) is 61.0 Å². The Balaban J connectivity index is 2.12. The molecule has 0 bridgehead atoms. The topological polar surface area (TPSA) is 147 Å². The van der Waals surface area contributed by atoms with Crippen LogP contribution < -0.4 is 21.8 Å². The number of nitrogen functional groups attached to an aromatic ring is 2. The molecule has 6 N–H and O–H groups in total. The van der Waals surface area contributed by atoms with Crippen LogP contribution in [0, 0.1) is 18.3 Å². The van der Waals surface area contributed by atoms with Crippen LogP contribution in [0.1, 0.15) is 33.9 Å². The number of benzene rings is 1. The molecule has 0 spiro atoms. The number of halogens is 1. The lowest BCUT2D eigenvalue weighted by Crippen LogP contribution is -2.21. The molecule has 26 heavy (non-hydrogen) atoms. The molecule has 1 atom stereocenters. The van der Waals surface area contributed by atoms with E-state index in [1.54, 1.807) is 13.0 Å². The zero-order valence-electron chi connectivity index (χ0n) is 13.6. The Labute approximate surface area is 155 Å². The number of nitriles is 1. The van der Waals surface area contributed by atoms with Crippen LogP contribution in [0.25, 0.3) is 0 Å². The molecular formula is C17H13BrN6O2. The van der Waals surface area contributed by atoms with Gasteiger partial charge >= 0.3 is 0 Å². The molecular weight excluding hydrogens is 400 g/mol. The molecule has 1 aliphatic heterocycles. The second kappa shape index (κ2) is 5.64. The summed E-state index contributed by atoms with van der Waals surface area (Å²) in [4.78, 5) is 16.7. The van der Waals surface area contributed by atoms with Gasteiger partial charge in [-0.15, -0.1) is 0 Å². The smallest absolute Gasteiger partial charge is 0.268 e. The molecule has 4 rings (SSSR count). The van der Waals surface area contributed by atoms with Crippen molar-refractivity contribution in [3.63, 3.8) is 0 Å². The monoisotopic (exact) mass is 412 g/mol. The summed E-state index contributed by atoms with van der Waals surface area (Å²) >= 11 is 3.45. The van der Waals surface area contributed by atoms with E-state index in [4.69, 9.17) is 16.2 Å². The standard InChI is InChI=1S/C17H13BrN6O2/c1-6-11(16(25)24-23-6)12-8-4-7(18)2-3-10(8)26-17-13(12)14(20)9(5-19)15(21)22-17/h2-4,12H,1H3,(H4,20,21,22)(H2,23,24,25). The van der Waals surface area contributed by atoms with Crippen molar-refractivity contribution in [1.82, 2.24) is 15.2 Å². The molecule has 9 heteroatoms. The summed E-state index contributed by atoms with van der Waals surface area (Å²) in [7, 11) is 0. The van der Waals surface area contributed by atoms with E-state index in [9.17, 15) is 10.1 Å². The summed E-state index contributed by atoms with van der Waals surface area (Å²) in [6.07, 6.45) is 0. The summed E-state index contributed by atoms with van der Waals surface area (Å²) < 4.78 is 6.70. The number of aromatic amines is 2. The molecule has 0 aliphatic carbocycles. The molecule has 1 aromatic carbocycles. The Morgan fingerprint density at radius 2 is 2.08 bits per heavy atom. The number of aromatic nitrogens is 3. The fraction of sp³-hybridized carbons (Fsp3) is 0.118. The zero-order valence-corrected chi connectivity index (χ0v) is 15.1. The van der Waals surface area contributed by atoms with Gasteiger partial charge < -0.3 is 21.3 Å². The summed E-state index contributed by atoms with van der Waals surface area (Å²) in [6, 6.07) is 7.43. The predicted octanol–water partition coefficient (Wildman–Crippen LogP) is 2.49. The highest BCUT2D eigenvalue weighted by Crippen LogP contribution is 2.50. The first-order chi connectivity index (χ1) is 12.4. The number of hydrogen-bond acceptors (Lipinski definition) is 6. The van der Waals surface area contributed by atoms with Crippen LogP contribution in [0.2, 0.25) is 0 Å². The van der Waals surface area contributed by atoms with E-state index in [0.717, 1.165) is 10.0 Å². The highest BCUT2D eigenvalue weighted by Gasteiger charge is 2.36. The number of nitrogens with zero attached hydrogens (tertiary/aromatic N) is 2. The number of anilines is 2. The number of H-pyrrole nitrogens is 2. The lowest BCUT2D eigenvalue weighted by atomic mass is 9.82. The number of fused-ring (bicyclic) bond motifs is 2. The van der Waals surface area contributed by atoms with E-state index in [1.807, 2.05) is 18.2 Å². The number of aryl methyl sites for hydroxylation is 1. The van der Waals surface area contributed by atoms with Gasteiger partial charge in [-0.2, -0.15) is 10.2 Å². The maximum Gasteiger partial charge on any atom is 0.268 e. The fourth-order valence-corrected chi connectivity index (χ4v) is 3.67. The lowest BCUT2D eigenvalue weighted by Gasteiger charge is -2.29. The van der Waals surface area contributed by atoms with Gasteiger partial charge in [-0.05, 0) is 25.1 Å². The van der Waals surface area contributed by atoms with Crippen LogP contribution in [0.3, 0.4) is 0 Å². The quantitative estimate of drug-likeness (QED) is 0.377. The van der Waals surface area contributed by atoms with E-state index in [1.165, 1.54) is 0 Å². The summed E-state index contributed by atoms with van der Waals surface area (Å²) in [5, 5.41) is 14.8. The molecule has 3 heterocycles. The van der Waals surface area contributed by atoms with Crippen LogP contribution in [-0.4, -0.2) is 15.2 Å². The third-order valence-electron chi connectivity index (χ3n) is 4.46. The van der Waals surface area contributed by atoms with Crippen LogP contribution in [0.4, 0.5) is 11.5 Å². The molecule has 8 nitrogen and oxygen atoms in total. The summed E-state index contributed by atoms with van der Waals surface area (Å²) in [6.45, 7) is 1.78. The predicted molar refractivity (Wildman–Crippen MR) is 99.1 cm³/mol. The highest BCUT2D eigenvalue weighted by atomic mass is 79.9. The molecule has 2 aromatic heterocycles. The van der Waals surface area contributed by atoms with Gasteiger partial charge in [0.1, 0.15) is 23.2 Å². The summed E-state index contributed by atoms with van der Waals surface area (Å²) in [5.74, 6) is 0.171. The SMILES string of the molecule is Cc1[nH][nH]c(=O)c1C1c2cc(Br)ccc2Oc2nc(N)c(C#N)c(N)c21. The molecule has 1 unspecified atom stereocenters. The van der Waals surface area contributed by atoms with Crippen molar-refractivity contribution in [3.8, 4) is 17.7 Å². The van der Waals surface area contributed by atoms with E-state index < -0.39 is 5.92 Å². The van der Waals surface area contributed by atoms with Gasteiger partial charge in [-0.3, -0.25) is 9.89 Å². The Kier molecular flexibility index (Phi) is 3.52. The van der Waals surface area contributed by atoms with Crippen LogP contribution in [0.5, 0.6) is 11.6 Å². The largest absolute Gasteiger partial charge is 0.438 e. The summed E-state index contributed by atoms with van der Waals surface area (Å²) in [5.41, 5.74) is 14.4. The maximum absolute atomic E-state index is 12.5. The average molecular weight is 413 g/mol. The second-order valence-corrected chi connectivity index (χ2v) is 6.87. The minimum Gasteiger partial charge on any atom is -0.438 e. The van der Waals surface area contributed by atoms with Crippen LogP contribution in [-0.2, 0) is 0 Å². The molecule has 0 amide bonds. The molecule has 0 saturated carbocycles. The maximum atomic E-state index is 12.5. The van der Waals surface area contributed by atoms with Crippen molar-refractivity contribution in [2.75, 3.05) is 11.5 Å². The minimum absolute atomic E-state index is 0.0113. The van der Waals surface area contributed by atoms with Gasteiger partial charge in [0, 0.05) is 15.7 Å². The van der Waals surface area contributed by atoms with Crippen molar-refractivity contribution in [2.45, 2.75) is 12.8 Å². The molecule has 1 aliphatic rings. The third kappa shape index (κ3) is 2.19. The number of nitrogens with two attached hydrogens (primary N) is 2. The van der Waals surface area contributed by atoms with Gasteiger partial charge in [0.2, 0.25) is 5.88 Å². The number of rotatable bonds is 1. The Hall–Kier alpha value is -3.25. The average Bonchev–Trinajstić information content (AvgIpc) is 2.92. The third-order valence-corrected chi connectivity index (χ3v) is 4.95. The van der Waals surface area contributed by atoms with E-state index in [0.29, 0.717) is 22.6 Å². The van der Waals surface area contributed by atoms with E-state index in [-0.39, 0.29) is 28.5 Å². The van der Waals surface area contributed by atoms with Crippen molar-refractivity contribution in [2.24, 2.45) is 0 Å². The first-order valence-electron chi connectivity index (χ1n) is 7.65. The van der Waals surface area contributed by atoms with Gasteiger partial charge in [0.15, 0.2) is 0 Å². The van der Waals surface area contributed by atoms with Gasteiger partial charge in [-0.1, -0.05) is 15.9 Å². The normalized spacial score (nSPS) is 14.9. The molecule has 0 fully saturated rings. The molecule has 0 saturated heterocycles.